The van der Waals surface area contributed by atoms with Crippen molar-refractivity contribution in [2.24, 2.45) is 5.73 Å². The number of nitrogens with two attached hydrogens (primary N) is 1. The van der Waals surface area contributed by atoms with Crippen LogP contribution >= 0.6 is 11.6 Å². The molecule has 2 aliphatic rings. The summed E-state index contributed by atoms with van der Waals surface area (Å²) < 4.78 is 0. The third-order valence-corrected chi connectivity index (χ3v) is 7.00. The van der Waals surface area contributed by atoms with Gasteiger partial charge in [-0.2, -0.15) is 0 Å². The van der Waals surface area contributed by atoms with E-state index in [1.165, 1.54) is 32.5 Å². The highest BCUT2D eigenvalue weighted by Gasteiger charge is 2.38. The number of carbonyl (C=O) groups excluding carboxylic acids is 1. The number of benzene rings is 1. The van der Waals surface area contributed by atoms with Gasteiger partial charge < -0.3 is 25.8 Å². The monoisotopic (exact) mass is 483 g/mol. The van der Waals surface area contributed by atoms with Gasteiger partial charge in [-0.15, -0.1) is 0 Å². The molecule has 34 heavy (non-hydrogen) atoms. The van der Waals surface area contributed by atoms with Crippen LogP contribution in [-0.2, 0) is 11.3 Å². The lowest BCUT2D eigenvalue weighted by Gasteiger charge is -2.38. The van der Waals surface area contributed by atoms with Crippen molar-refractivity contribution in [2.75, 3.05) is 37.6 Å². The van der Waals surface area contributed by atoms with Gasteiger partial charge >= 0.3 is 0 Å². The molecule has 2 fully saturated rings. The van der Waals surface area contributed by atoms with E-state index < -0.39 is 5.54 Å². The molecule has 0 saturated carbocycles. The Balaban J connectivity index is 0.000000336. The Morgan fingerprint density at radius 1 is 1.12 bits per heavy atom. The van der Waals surface area contributed by atoms with E-state index in [4.69, 9.17) is 17.3 Å². The number of nitrogens with one attached hydrogen (secondary N) is 2. The maximum Gasteiger partial charge on any atom is 0.240 e. The van der Waals surface area contributed by atoms with E-state index in [0.29, 0.717) is 37.5 Å². The fourth-order valence-corrected chi connectivity index (χ4v) is 4.64. The van der Waals surface area contributed by atoms with Crippen LogP contribution < -0.4 is 16.0 Å². The largest absolute Gasteiger partial charge is 0.356 e. The second-order valence-corrected chi connectivity index (χ2v) is 9.47. The zero-order chi connectivity index (χ0) is 24.0. The van der Waals surface area contributed by atoms with E-state index in [2.05, 4.69) is 37.0 Å². The Morgan fingerprint density at radius 2 is 1.82 bits per heavy atom. The maximum atomic E-state index is 12.7. The molecule has 0 atom stereocenters. The summed E-state index contributed by atoms with van der Waals surface area (Å²) in [6.07, 6.45) is 7.38. The molecule has 0 aliphatic carbocycles. The minimum atomic E-state index is -0.868. The van der Waals surface area contributed by atoms with Crippen LogP contribution in [0.4, 0.5) is 5.82 Å². The molecule has 0 spiro atoms. The topological polar surface area (TPSA) is 103 Å². The number of aromatic amines is 1. The predicted molar refractivity (Wildman–Crippen MR) is 137 cm³/mol. The van der Waals surface area contributed by atoms with Gasteiger partial charge in [-0.3, -0.25) is 4.79 Å². The summed E-state index contributed by atoms with van der Waals surface area (Å²) in [5.74, 6) is 0.761. The first-order valence-electron chi connectivity index (χ1n) is 12.1. The maximum absolute atomic E-state index is 12.7. The van der Waals surface area contributed by atoms with E-state index in [1.54, 1.807) is 6.33 Å². The van der Waals surface area contributed by atoms with E-state index in [1.807, 2.05) is 36.5 Å². The minimum absolute atomic E-state index is 0.119. The Labute approximate surface area is 205 Å². The summed E-state index contributed by atoms with van der Waals surface area (Å²) in [6.45, 7) is 7.94. The average Bonchev–Trinajstić information content (AvgIpc) is 3.56. The first-order valence-corrected chi connectivity index (χ1v) is 12.4. The number of anilines is 1. The second-order valence-electron chi connectivity index (χ2n) is 9.03. The first-order chi connectivity index (χ1) is 16.5. The summed E-state index contributed by atoms with van der Waals surface area (Å²) in [7, 11) is 0. The molecule has 5 rings (SSSR count). The highest BCUT2D eigenvalue weighted by atomic mass is 35.5. The Hall–Kier alpha value is -2.68. The van der Waals surface area contributed by atoms with Gasteiger partial charge in [0.1, 0.15) is 17.8 Å². The number of aromatic nitrogens is 3. The number of amides is 1. The number of fused-ring (bicyclic) bond motifs is 1. The molecule has 9 heteroatoms. The number of carbonyl (C=O) groups is 1. The van der Waals surface area contributed by atoms with Gasteiger partial charge in [0, 0.05) is 30.9 Å². The lowest BCUT2D eigenvalue weighted by Crippen LogP contribution is -2.59. The van der Waals surface area contributed by atoms with Crippen molar-refractivity contribution in [3.63, 3.8) is 0 Å². The average molecular weight is 484 g/mol. The van der Waals surface area contributed by atoms with Crippen molar-refractivity contribution < 1.29 is 4.79 Å². The molecule has 3 aromatic rings. The molecule has 2 saturated heterocycles. The highest BCUT2D eigenvalue weighted by molar-refractivity contribution is 6.30. The summed E-state index contributed by atoms with van der Waals surface area (Å²) in [6, 6.07) is 9.37. The molecule has 4 N–H and O–H groups in total. The Kier molecular flexibility index (Phi) is 8.03. The normalized spacial score (nSPS) is 17.9. The van der Waals surface area contributed by atoms with Crippen LogP contribution in [0.15, 0.2) is 42.9 Å². The van der Waals surface area contributed by atoms with E-state index >= 15 is 0 Å². The fraction of sp³-hybridized carbons (Fsp3) is 0.480. The molecule has 8 nitrogen and oxygen atoms in total. The van der Waals surface area contributed by atoms with Crippen LogP contribution in [0.5, 0.6) is 0 Å². The quantitative estimate of drug-likeness (QED) is 0.514. The van der Waals surface area contributed by atoms with Crippen molar-refractivity contribution in [3.05, 3.63) is 53.4 Å². The number of H-pyrrole nitrogens is 1. The molecule has 0 radical (unpaired) electrons. The molecular weight excluding hydrogens is 450 g/mol. The van der Waals surface area contributed by atoms with Gasteiger partial charge in [-0.25, -0.2) is 9.97 Å². The summed E-state index contributed by atoms with van der Waals surface area (Å²) in [5.41, 5.74) is 7.36. The van der Waals surface area contributed by atoms with Crippen molar-refractivity contribution in [1.29, 1.82) is 0 Å². The number of rotatable bonds is 5. The third kappa shape index (κ3) is 5.87. The predicted octanol–water partition coefficient (Wildman–Crippen LogP) is 3.33. The van der Waals surface area contributed by atoms with Crippen LogP contribution in [0.1, 0.15) is 38.2 Å². The molecule has 2 aliphatic heterocycles. The van der Waals surface area contributed by atoms with Gasteiger partial charge in [-0.1, -0.05) is 30.7 Å². The van der Waals surface area contributed by atoms with Gasteiger partial charge in [-0.05, 0) is 69.1 Å². The van der Waals surface area contributed by atoms with Crippen molar-refractivity contribution in [3.8, 4) is 0 Å². The van der Waals surface area contributed by atoms with Crippen LogP contribution in [0.25, 0.3) is 11.0 Å². The van der Waals surface area contributed by atoms with E-state index in [9.17, 15) is 4.79 Å². The van der Waals surface area contributed by atoms with Crippen LogP contribution in [0.3, 0.4) is 0 Å². The summed E-state index contributed by atoms with van der Waals surface area (Å²) in [5, 5.41) is 4.61. The second kappa shape index (κ2) is 11.2. The minimum Gasteiger partial charge on any atom is -0.356 e. The molecule has 4 heterocycles. The van der Waals surface area contributed by atoms with E-state index in [0.717, 1.165) is 22.4 Å². The molecule has 0 bridgehead atoms. The molecule has 1 aromatic carbocycles. The number of likely N-dealkylation sites (tertiary alicyclic amines) is 1. The fourth-order valence-electron chi connectivity index (χ4n) is 4.51. The first kappa shape index (κ1) is 24.4. The number of halogens is 1. The standard InChI is InChI=1S/C19H21ClN6O.C6H13N/c20-14-3-1-13(2-4-14)11-23-18(27)19(21)6-9-26(10-7-19)17-15-5-8-22-16(15)24-12-25-17;1-2-7-5-3-4-6-7/h1-5,8,12H,6-7,9-11,21H2,(H,23,27)(H,22,24,25);2-6H2,1H3. The number of nitrogens with zero attached hydrogens (tertiary/aromatic N) is 4. The van der Waals surface area contributed by atoms with Gasteiger partial charge in [0.15, 0.2) is 0 Å². The highest BCUT2D eigenvalue weighted by Crippen LogP contribution is 2.28. The van der Waals surface area contributed by atoms with Gasteiger partial charge in [0.25, 0.3) is 0 Å². The summed E-state index contributed by atoms with van der Waals surface area (Å²) >= 11 is 5.89. The van der Waals surface area contributed by atoms with Crippen LogP contribution in [-0.4, -0.2) is 64.0 Å². The molecule has 0 unspecified atom stereocenters. The summed E-state index contributed by atoms with van der Waals surface area (Å²) in [4.78, 5) is 29.0. The lowest BCUT2D eigenvalue weighted by atomic mass is 9.87. The molecular formula is C25H34ClN7O. The van der Waals surface area contributed by atoms with Crippen LogP contribution in [0.2, 0.25) is 5.02 Å². The van der Waals surface area contributed by atoms with Crippen molar-refractivity contribution in [2.45, 2.75) is 44.7 Å². The number of hydrogen-bond donors (Lipinski definition) is 3. The Bertz CT molecular complexity index is 1070. The van der Waals surface area contributed by atoms with Gasteiger partial charge in [0.2, 0.25) is 5.91 Å². The zero-order valence-corrected chi connectivity index (χ0v) is 20.5. The molecule has 1 amide bonds. The third-order valence-electron chi connectivity index (χ3n) is 6.75. The zero-order valence-electron chi connectivity index (χ0n) is 19.8. The van der Waals surface area contributed by atoms with Crippen molar-refractivity contribution in [1.82, 2.24) is 25.2 Å². The lowest BCUT2D eigenvalue weighted by molar-refractivity contribution is -0.127. The number of hydrogen-bond acceptors (Lipinski definition) is 6. The van der Waals surface area contributed by atoms with E-state index in [-0.39, 0.29) is 5.91 Å². The Morgan fingerprint density at radius 3 is 2.47 bits per heavy atom. The number of piperidine rings is 1. The SMILES string of the molecule is CCN1CCCC1.NC1(C(=O)NCc2ccc(Cl)cc2)CCN(c2ncnc3[nH]ccc23)CC1. The van der Waals surface area contributed by atoms with Crippen LogP contribution in [0, 0.1) is 0 Å². The van der Waals surface area contributed by atoms with Gasteiger partial charge in [0.05, 0.1) is 10.9 Å². The van der Waals surface area contributed by atoms with Crippen molar-refractivity contribution >= 4 is 34.4 Å². The molecule has 182 valence electrons. The smallest absolute Gasteiger partial charge is 0.240 e. The molecule has 2 aromatic heterocycles.